The number of aldehydes is 1. The molecule has 0 bridgehead atoms. The number of hydrogen-bond acceptors (Lipinski definition) is 4. The van der Waals surface area contributed by atoms with Crippen molar-refractivity contribution in [3.63, 3.8) is 0 Å². The number of carbonyl (C=O) groups excluding carboxylic acids is 2. The summed E-state index contributed by atoms with van der Waals surface area (Å²) in [6.07, 6.45) is 0.679. The summed E-state index contributed by atoms with van der Waals surface area (Å²) in [5.74, 6) is 0.594. The first kappa shape index (κ1) is 14.0. The molecule has 0 saturated carbocycles. The Morgan fingerprint density at radius 1 is 1.33 bits per heavy atom. The van der Waals surface area contributed by atoms with Crippen LogP contribution in [0.2, 0.25) is 0 Å². The first-order valence-electron chi connectivity index (χ1n) is 5.64. The van der Waals surface area contributed by atoms with E-state index in [0.717, 1.165) is 0 Å². The van der Waals surface area contributed by atoms with Crippen LogP contribution in [0.4, 0.5) is 0 Å². The van der Waals surface area contributed by atoms with Crippen LogP contribution in [0.25, 0.3) is 0 Å². The molecule has 0 fully saturated rings. The van der Waals surface area contributed by atoms with E-state index in [-0.39, 0.29) is 12.5 Å². The lowest BCUT2D eigenvalue weighted by molar-refractivity contribution is -0.130. The van der Waals surface area contributed by atoms with Crippen molar-refractivity contribution in [3.05, 3.63) is 23.8 Å². The third kappa shape index (κ3) is 3.48. The van der Waals surface area contributed by atoms with E-state index in [0.29, 0.717) is 30.0 Å². The van der Waals surface area contributed by atoms with Gasteiger partial charge in [-0.3, -0.25) is 9.59 Å². The van der Waals surface area contributed by atoms with E-state index in [2.05, 4.69) is 0 Å². The molecule has 1 aromatic rings. The van der Waals surface area contributed by atoms with Crippen molar-refractivity contribution < 1.29 is 19.1 Å². The SMILES string of the molecule is CCOc1cccc(C=O)c1OCC(=O)N(C)C. The number of hydrogen-bond donors (Lipinski definition) is 0. The summed E-state index contributed by atoms with van der Waals surface area (Å²) in [7, 11) is 3.28. The number of para-hydroxylation sites is 1. The zero-order chi connectivity index (χ0) is 13.5. The fourth-order valence-electron chi connectivity index (χ4n) is 1.31. The molecule has 18 heavy (non-hydrogen) atoms. The normalized spacial score (nSPS) is 9.72. The Balaban J connectivity index is 2.90. The van der Waals surface area contributed by atoms with Crippen molar-refractivity contribution in [1.82, 2.24) is 4.90 Å². The smallest absolute Gasteiger partial charge is 0.259 e. The number of amides is 1. The second kappa shape index (κ2) is 6.64. The highest BCUT2D eigenvalue weighted by Gasteiger charge is 2.13. The van der Waals surface area contributed by atoms with Crippen LogP contribution < -0.4 is 9.47 Å². The van der Waals surface area contributed by atoms with Gasteiger partial charge in [-0.05, 0) is 19.1 Å². The molecule has 0 unspecified atom stereocenters. The molecule has 0 heterocycles. The second-order valence-electron chi connectivity index (χ2n) is 3.80. The van der Waals surface area contributed by atoms with Crippen LogP contribution in [-0.4, -0.2) is 44.4 Å². The zero-order valence-corrected chi connectivity index (χ0v) is 10.8. The van der Waals surface area contributed by atoms with Gasteiger partial charge in [0.1, 0.15) is 0 Å². The fraction of sp³-hybridized carbons (Fsp3) is 0.385. The van der Waals surface area contributed by atoms with Gasteiger partial charge in [0.05, 0.1) is 12.2 Å². The van der Waals surface area contributed by atoms with Crippen molar-refractivity contribution >= 4 is 12.2 Å². The Morgan fingerprint density at radius 2 is 2.06 bits per heavy atom. The maximum absolute atomic E-state index is 11.5. The molecule has 5 heteroatoms. The highest BCUT2D eigenvalue weighted by Crippen LogP contribution is 2.30. The van der Waals surface area contributed by atoms with Gasteiger partial charge in [-0.25, -0.2) is 0 Å². The highest BCUT2D eigenvalue weighted by molar-refractivity contribution is 5.82. The number of likely N-dealkylation sites (N-methyl/N-ethyl adjacent to an activating group) is 1. The van der Waals surface area contributed by atoms with Crippen molar-refractivity contribution in [1.29, 1.82) is 0 Å². The largest absolute Gasteiger partial charge is 0.490 e. The molecule has 0 radical (unpaired) electrons. The topological polar surface area (TPSA) is 55.8 Å². The standard InChI is InChI=1S/C13H17NO4/c1-4-17-11-7-5-6-10(8-15)13(11)18-9-12(16)14(2)3/h5-8H,4,9H2,1-3H3. The van der Waals surface area contributed by atoms with Gasteiger partial charge < -0.3 is 14.4 Å². The van der Waals surface area contributed by atoms with E-state index in [4.69, 9.17) is 9.47 Å². The molecular weight excluding hydrogens is 234 g/mol. The second-order valence-corrected chi connectivity index (χ2v) is 3.80. The maximum atomic E-state index is 11.5. The molecule has 1 amide bonds. The van der Waals surface area contributed by atoms with Crippen LogP contribution >= 0.6 is 0 Å². The van der Waals surface area contributed by atoms with Gasteiger partial charge in [0, 0.05) is 14.1 Å². The van der Waals surface area contributed by atoms with E-state index in [9.17, 15) is 9.59 Å². The molecule has 1 aromatic carbocycles. The predicted octanol–water partition coefficient (Wildman–Crippen LogP) is 1.36. The minimum Gasteiger partial charge on any atom is -0.490 e. The summed E-state index contributed by atoms with van der Waals surface area (Å²) in [6.45, 7) is 2.17. The fourth-order valence-corrected chi connectivity index (χ4v) is 1.31. The van der Waals surface area contributed by atoms with Crippen molar-refractivity contribution in [2.75, 3.05) is 27.3 Å². The minimum absolute atomic E-state index is 0.127. The first-order chi connectivity index (χ1) is 8.60. The first-order valence-corrected chi connectivity index (χ1v) is 5.64. The summed E-state index contributed by atoms with van der Waals surface area (Å²) >= 11 is 0. The summed E-state index contributed by atoms with van der Waals surface area (Å²) in [4.78, 5) is 23.8. The highest BCUT2D eigenvalue weighted by atomic mass is 16.5. The molecule has 98 valence electrons. The van der Waals surface area contributed by atoms with Crippen molar-refractivity contribution in [2.45, 2.75) is 6.92 Å². The summed E-state index contributed by atoms with van der Waals surface area (Å²) in [5, 5.41) is 0. The molecule has 0 aliphatic heterocycles. The average Bonchev–Trinajstić information content (AvgIpc) is 2.36. The van der Waals surface area contributed by atoms with Gasteiger partial charge in [0.25, 0.3) is 5.91 Å². The van der Waals surface area contributed by atoms with Crippen molar-refractivity contribution in [3.8, 4) is 11.5 Å². The van der Waals surface area contributed by atoms with Gasteiger partial charge in [-0.2, -0.15) is 0 Å². The quantitative estimate of drug-likeness (QED) is 0.716. The van der Waals surface area contributed by atoms with Crippen LogP contribution in [0.15, 0.2) is 18.2 Å². The number of nitrogens with zero attached hydrogens (tertiary/aromatic N) is 1. The minimum atomic E-state index is -0.182. The lowest BCUT2D eigenvalue weighted by Gasteiger charge is -2.15. The molecule has 0 aliphatic carbocycles. The van der Waals surface area contributed by atoms with Gasteiger partial charge in [-0.15, -0.1) is 0 Å². The van der Waals surface area contributed by atoms with E-state index < -0.39 is 0 Å². The Hall–Kier alpha value is -2.04. The van der Waals surface area contributed by atoms with Gasteiger partial charge >= 0.3 is 0 Å². The zero-order valence-electron chi connectivity index (χ0n) is 10.8. The lowest BCUT2D eigenvalue weighted by Crippen LogP contribution is -2.27. The molecular formula is C13H17NO4. The Morgan fingerprint density at radius 3 is 2.61 bits per heavy atom. The molecule has 0 N–H and O–H groups in total. The number of ether oxygens (including phenoxy) is 2. The van der Waals surface area contributed by atoms with Gasteiger partial charge in [0.2, 0.25) is 0 Å². The molecule has 0 atom stereocenters. The Kier molecular flexibility index (Phi) is 5.17. The monoisotopic (exact) mass is 251 g/mol. The van der Waals surface area contributed by atoms with Crippen LogP contribution in [0, 0.1) is 0 Å². The maximum Gasteiger partial charge on any atom is 0.259 e. The van der Waals surface area contributed by atoms with Crippen LogP contribution in [0.1, 0.15) is 17.3 Å². The third-order valence-corrected chi connectivity index (χ3v) is 2.27. The Bertz CT molecular complexity index is 429. The summed E-state index contributed by atoms with van der Waals surface area (Å²) in [6, 6.07) is 5.02. The number of rotatable bonds is 6. The molecule has 1 rings (SSSR count). The molecule has 5 nitrogen and oxygen atoms in total. The lowest BCUT2D eigenvalue weighted by atomic mass is 10.2. The van der Waals surface area contributed by atoms with Crippen LogP contribution in [0.3, 0.4) is 0 Å². The van der Waals surface area contributed by atoms with Gasteiger partial charge in [0.15, 0.2) is 24.4 Å². The summed E-state index contributed by atoms with van der Waals surface area (Å²) in [5.41, 5.74) is 0.368. The number of carbonyl (C=O) groups is 2. The van der Waals surface area contributed by atoms with Crippen LogP contribution in [-0.2, 0) is 4.79 Å². The van der Waals surface area contributed by atoms with Gasteiger partial charge in [-0.1, -0.05) is 6.07 Å². The Labute approximate surface area is 106 Å². The molecule has 0 saturated heterocycles. The van der Waals surface area contributed by atoms with E-state index in [1.807, 2.05) is 6.92 Å². The molecule has 0 spiro atoms. The van der Waals surface area contributed by atoms with Crippen molar-refractivity contribution in [2.24, 2.45) is 0 Å². The van der Waals surface area contributed by atoms with E-state index in [1.54, 1.807) is 32.3 Å². The predicted molar refractivity (Wildman–Crippen MR) is 67.2 cm³/mol. The van der Waals surface area contributed by atoms with E-state index >= 15 is 0 Å². The van der Waals surface area contributed by atoms with E-state index in [1.165, 1.54) is 4.90 Å². The molecule has 0 aliphatic rings. The summed E-state index contributed by atoms with van der Waals surface area (Å²) < 4.78 is 10.8. The average molecular weight is 251 g/mol. The third-order valence-electron chi connectivity index (χ3n) is 2.27. The number of benzene rings is 1. The van der Waals surface area contributed by atoms with Crippen LogP contribution in [0.5, 0.6) is 11.5 Å². The molecule has 0 aromatic heterocycles.